The fourth-order valence-electron chi connectivity index (χ4n) is 1.95. The Kier molecular flexibility index (Phi) is 5.03. The summed E-state index contributed by atoms with van der Waals surface area (Å²) in [5, 5.41) is 3.53. The molecule has 1 N–H and O–H groups in total. The molecule has 0 unspecified atom stereocenters. The molecule has 0 radical (unpaired) electrons. The highest BCUT2D eigenvalue weighted by Crippen LogP contribution is 2.23. The molecular weight excluding hydrogens is 312 g/mol. The Hall–Kier alpha value is -1.37. The van der Waals surface area contributed by atoms with Gasteiger partial charge in [-0.1, -0.05) is 24.6 Å². The van der Waals surface area contributed by atoms with Gasteiger partial charge < -0.3 is 9.73 Å². The van der Waals surface area contributed by atoms with Gasteiger partial charge in [0.25, 0.3) is 0 Å². The van der Waals surface area contributed by atoms with E-state index in [4.69, 9.17) is 16.0 Å². The van der Waals surface area contributed by atoms with Gasteiger partial charge in [0.1, 0.15) is 5.76 Å². The van der Waals surface area contributed by atoms with Crippen molar-refractivity contribution in [3.8, 4) is 0 Å². The molecule has 0 aliphatic heterocycles. The molecule has 2 rings (SSSR count). The van der Waals surface area contributed by atoms with E-state index in [2.05, 4.69) is 10.3 Å². The summed E-state index contributed by atoms with van der Waals surface area (Å²) in [4.78, 5) is 4.37. The first-order valence-corrected chi connectivity index (χ1v) is 8.80. The Bertz CT molecular complexity index is 726. The van der Waals surface area contributed by atoms with E-state index in [1.807, 2.05) is 6.92 Å². The van der Waals surface area contributed by atoms with Crippen molar-refractivity contribution < 1.29 is 12.8 Å². The predicted octanol–water partition coefficient (Wildman–Crippen LogP) is 2.58. The number of nitrogens with one attached hydrogen (secondary N) is 1. The van der Waals surface area contributed by atoms with Crippen LogP contribution in [-0.2, 0) is 29.3 Å². The molecule has 0 saturated heterocycles. The van der Waals surface area contributed by atoms with Gasteiger partial charge in [-0.2, -0.15) is 0 Å². The number of benzene rings is 1. The van der Waals surface area contributed by atoms with Gasteiger partial charge >= 0.3 is 0 Å². The van der Waals surface area contributed by atoms with Crippen LogP contribution in [0.1, 0.15) is 24.1 Å². The van der Waals surface area contributed by atoms with Crippen LogP contribution in [0.25, 0.3) is 0 Å². The van der Waals surface area contributed by atoms with Gasteiger partial charge in [-0.05, 0) is 12.1 Å². The molecule has 0 aliphatic carbocycles. The number of hydrogen-bond donors (Lipinski definition) is 1. The second kappa shape index (κ2) is 6.60. The first-order chi connectivity index (χ1) is 9.91. The highest BCUT2D eigenvalue weighted by molar-refractivity contribution is 7.90. The Labute approximate surface area is 129 Å². The molecule has 0 atom stereocenters. The number of halogens is 1. The number of sulfone groups is 1. The number of rotatable bonds is 6. The molecule has 21 heavy (non-hydrogen) atoms. The van der Waals surface area contributed by atoms with Crippen molar-refractivity contribution in [2.45, 2.75) is 31.3 Å². The first-order valence-electron chi connectivity index (χ1n) is 6.53. The minimum absolute atomic E-state index is 0.240. The van der Waals surface area contributed by atoms with Crippen molar-refractivity contribution in [1.82, 2.24) is 10.3 Å². The van der Waals surface area contributed by atoms with Crippen molar-refractivity contribution in [3.63, 3.8) is 0 Å². The van der Waals surface area contributed by atoms with Crippen LogP contribution >= 0.6 is 11.6 Å². The molecule has 1 aromatic heterocycles. The van der Waals surface area contributed by atoms with Crippen LogP contribution in [0.5, 0.6) is 0 Å². The van der Waals surface area contributed by atoms with Gasteiger partial charge in [-0.15, -0.1) is 0 Å². The third-order valence-corrected chi connectivity index (χ3v) is 4.54. The maximum Gasteiger partial charge on any atom is 0.208 e. The fraction of sp³-hybridized carbons (Fsp3) is 0.357. The van der Waals surface area contributed by atoms with Crippen molar-refractivity contribution in [2.75, 3.05) is 6.26 Å². The normalized spacial score (nSPS) is 11.8. The topological polar surface area (TPSA) is 72.2 Å². The van der Waals surface area contributed by atoms with E-state index in [0.29, 0.717) is 29.6 Å². The molecule has 114 valence electrons. The Morgan fingerprint density at radius 3 is 2.71 bits per heavy atom. The average molecular weight is 329 g/mol. The van der Waals surface area contributed by atoms with E-state index < -0.39 is 9.84 Å². The van der Waals surface area contributed by atoms with E-state index in [-0.39, 0.29) is 4.90 Å². The van der Waals surface area contributed by atoms with Crippen molar-refractivity contribution in [3.05, 3.63) is 46.6 Å². The van der Waals surface area contributed by atoms with E-state index in [9.17, 15) is 8.42 Å². The Morgan fingerprint density at radius 2 is 2.10 bits per heavy atom. The molecule has 0 spiro atoms. The highest BCUT2D eigenvalue weighted by Gasteiger charge is 2.15. The molecule has 0 aliphatic rings. The second-order valence-corrected chi connectivity index (χ2v) is 7.06. The number of oxazole rings is 1. The largest absolute Gasteiger partial charge is 0.444 e. The smallest absolute Gasteiger partial charge is 0.208 e. The second-order valence-electron chi connectivity index (χ2n) is 4.67. The quantitative estimate of drug-likeness (QED) is 0.882. The van der Waals surface area contributed by atoms with Crippen LogP contribution in [0.3, 0.4) is 0 Å². The Morgan fingerprint density at radius 1 is 1.33 bits per heavy atom. The standard InChI is InChI=1S/C14H17ClN2O3S/c1-3-10-7-17-14(20-10)9-16-8-11-12(15)5-4-6-13(11)21(2,18)19/h4-7,16H,3,8-9H2,1-2H3. The lowest BCUT2D eigenvalue weighted by molar-refractivity contribution is 0.438. The third-order valence-electron chi connectivity index (χ3n) is 3.00. The molecule has 0 bridgehead atoms. The summed E-state index contributed by atoms with van der Waals surface area (Å²) in [6.45, 7) is 2.72. The molecule has 0 saturated carbocycles. The molecule has 2 aromatic rings. The SMILES string of the molecule is CCc1cnc(CNCc2c(Cl)cccc2S(C)(=O)=O)o1. The van der Waals surface area contributed by atoms with Crippen molar-refractivity contribution in [2.24, 2.45) is 0 Å². The average Bonchev–Trinajstić information content (AvgIpc) is 2.87. The van der Waals surface area contributed by atoms with Gasteiger partial charge in [0.05, 0.1) is 17.6 Å². The third kappa shape index (κ3) is 4.06. The van der Waals surface area contributed by atoms with Gasteiger partial charge in [0.2, 0.25) is 5.89 Å². The first kappa shape index (κ1) is 16.0. The van der Waals surface area contributed by atoms with Crippen LogP contribution < -0.4 is 5.32 Å². The van der Waals surface area contributed by atoms with Crippen LogP contribution in [0, 0.1) is 0 Å². The van der Waals surface area contributed by atoms with Crippen LogP contribution in [0.2, 0.25) is 5.02 Å². The molecule has 0 fully saturated rings. The van der Waals surface area contributed by atoms with Gasteiger partial charge in [0, 0.05) is 29.8 Å². The predicted molar refractivity (Wildman–Crippen MR) is 81.0 cm³/mol. The lowest BCUT2D eigenvalue weighted by Gasteiger charge is -2.10. The fourth-order valence-corrected chi connectivity index (χ4v) is 3.20. The van der Waals surface area contributed by atoms with E-state index >= 15 is 0 Å². The minimum Gasteiger partial charge on any atom is -0.444 e. The van der Waals surface area contributed by atoms with Crippen LogP contribution in [0.4, 0.5) is 0 Å². The molecule has 7 heteroatoms. The number of aromatic nitrogens is 1. The zero-order valence-electron chi connectivity index (χ0n) is 11.9. The summed E-state index contributed by atoms with van der Waals surface area (Å²) >= 11 is 6.10. The number of nitrogens with zero attached hydrogens (tertiary/aromatic N) is 1. The summed E-state index contributed by atoms with van der Waals surface area (Å²) in [6, 6.07) is 4.86. The van der Waals surface area contributed by atoms with Gasteiger partial charge in [0.15, 0.2) is 9.84 Å². The summed E-state index contributed by atoms with van der Waals surface area (Å²) < 4.78 is 29.0. The maximum absolute atomic E-state index is 11.8. The lowest BCUT2D eigenvalue weighted by Crippen LogP contribution is -2.16. The number of hydrogen-bond acceptors (Lipinski definition) is 5. The summed E-state index contributed by atoms with van der Waals surface area (Å²) in [7, 11) is -3.31. The monoisotopic (exact) mass is 328 g/mol. The number of aryl methyl sites for hydroxylation is 1. The molecule has 1 aromatic carbocycles. The van der Waals surface area contributed by atoms with E-state index in [0.717, 1.165) is 12.2 Å². The zero-order chi connectivity index (χ0) is 15.5. The van der Waals surface area contributed by atoms with E-state index in [1.165, 1.54) is 6.26 Å². The molecule has 0 amide bonds. The molecule has 5 nitrogen and oxygen atoms in total. The van der Waals surface area contributed by atoms with Gasteiger partial charge in [-0.3, -0.25) is 0 Å². The van der Waals surface area contributed by atoms with Gasteiger partial charge in [-0.25, -0.2) is 13.4 Å². The van der Waals surface area contributed by atoms with Crippen LogP contribution in [0.15, 0.2) is 33.7 Å². The Balaban J connectivity index is 2.09. The summed E-state index contributed by atoms with van der Waals surface area (Å²) in [5.41, 5.74) is 0.559. The lowest BCUT2D eigenvalue weighted by atomic mass is 10.2. The van der Waals surface area contributed by atoms with Crippen LogP contribution in [-0.4, -0.2) is 19.7 Å². The molecular formula is C14H17ClN2O3S. The summed E-state index contributed by atoms with van der Waals surface area (Å²) in [6.07, 6.45) is 3.65. The van der Waals surface area contributed by atoms with E-state index in [1.54, 1.807) is 24.4 Å². The highest BCUT2D eigenvalue weighted by atomic mass is 35.5. The molecule has 1 heterocycles. The van der Waals surface area contributed by atoms with Crippen molar-refractivity contribution >= 4 is 21.4 Å². The minimum atomic E-state index is -3.31. The summed E-state index contributed by atoms with van der Waals surface area (Å²) in [5.74, 6) is 1.39. The van der Waals surface area contributed by atoms with Crippen molar-refractivity contribution in [1.29, 1.82) is 0 Å². The zero-order valence-corrected chi connectivity index (χ0v) is 13.5. The maximum atomic E-state index is 11.8.